The molecule has 0 aromatic rings. The molecule has 2 fully saturated rings. The van der Waals surface area contributed by atoms with Gasteiger partial charge in [0.2, 0.25) is 0 Å². The molecule has 0 bridgehead atoms. The lowest BCUT2D eigenvalue weighted by Gasteiger charge is -2.39. The van der Waals surface area contributed by atoms with E-state index in [1.54, 1.807) is 0 Å². The Bertz CT molecular complexity index is 204. The molecule has 88 valence electrons. The average Bonchev–Trinajstić information content (AvgIpc) is 2.69. The average molecular weight is 277 g/mol. The van der Waals surface area contributed by atoms with Gasteiger partial charge in [0, 0.05) is 18.5 Å². The summed E-state index contributed by atoms with van der Waals surface area (Å²) >= 11 is 3.53. The summed E-state index contributed by atoms with van der Waals surface area (Å²) in [7, 11) is 0. The van der Waals surface area contributed by atoms with Gasteiger partial charge in [0.15, 0.2) is 0 Å². The highest BCUT2D eigenvalue weighted by Crippen LogP contribution is 2.36. The summed E-state index contributed by atoms with van der Waals surface area (Å²) < 4.78 is 11.6. The van der Waals surface area contributed by atoms with Crippen molar-refractivity contribution in [3.8, 4) is 0 Å². The minimum atomic E-state index is 0.106. The fourth-order valence-corrected chi connectivity index (χ4v) is 3.29. The zero-order valence-electron chi connectivity index (χ0n) is 9.51. The molecule has 0 amide bonds. The van der Waals surface area contributed by atoms with Crippen molar-refractivity contribution >= 4 is 15.9 Å². The van der Waals surface area contributed by atoms with Crippen LogP contribution in [0.4, 0.5) is 0 Å². The Balaban J connectivity index is 1.87. The Morgan fingerprint density at radius 2 is 2.27 bits per heavy atom. The normalized spacial score (nSPS) is 42.0. The maximum absolute atomic E-state index is 6.18. The number of alkyl halides is 1. The number of rotatable bonds is 3. The van der Waals surface area contributed by atoms with Crippen LogP contribution in [0.1, 0.15) is 39.0 Å². The van der Waals surface area contributed by atoms with E-state index in [2.05, 4.69) is 22.9 Å². The van der Waals surface area contributed by atoms with Crippen LogP contribution in [0.5, 0.6) is 0 Å². The van der Waals surface area contributed by atoms with Crippen molar-refractivity contribution in [1.29, 1.82) is 0 Å². The molecule has 0 spiro atoms. The van der Waals surface area contributed by atoms with Crippen molar-refractivity contribution in [1.82, 2.24) is 0 Å². The second-order valence-electron chi connectivity index (χ2n) is 5.17. The molecular weight excluding hydrogens is 256 g/mol. The van der Waals surface area contributed by atoms with Crippen LogP contribution < -0.4 is 0 Å². The Hall–Kier alpha value is 0.400. The molecular formula is C12H21BrO2. The minimum Gasteiger partial charge on any atom is -0.381 e. The lowest BCUT2D eigenvalue weighted by Crippen LogP contribution is -2.40. The third kappa shape index (κ3) is 3.18. The largest absolute Gasteiger partial charge is 0.381 e. The molecule has 0 aromatic heterocycles. The van der Waals surface area contributed by atoms with E-state index in [-0.39, 0.29) is 5.60 Å². The lowest BCUT2D eigenvalue weighted by molar-refractivity contribution is -0.119. The third-order valence-electron chi connectivity index (χ3n) is 3.60. The van der Waals surface area contributed by atoms with Crippen LogP contribution >= 0.6 is 15.9 Å². The van der Waals surface area contributed by atoms with Gasteiger partial charge in [-0.2, -0.15) is 0 Å². The van der Waals surface area contributed by atoms with Crippen molar-refractivity contribution in [3.63, 3.8) is 0 Å². The fraction of sp³-hybridized carbons (Fsp3) is 1.00. The summed E-state index contributed by atoms with van der Waals surface area (Å²) in [5, 5.41) is 0.976. The van der Waals surface area contributed by atoms with Crippen LogP contribution in [0.2, 0.25) is 0 Å². The molecule has 2 nitrogen and oxygen atoms in total. The lowest BCUT2D eigenvalue weighted by atomic mass is 9.85. The fourth-order valence-electron chi connectivity index (χ4n) is 2.84. The Morgan fingerprint density at radius 1 is 1.40 bits per heavy atom. The van der Waals surface area contributed by atoms with Crippen LogP contribution in [0.15, 0.2) is 0 Å². The van der Waals surface area contributed by atoms with Crippen molar-refractivity contribution in [2.24, 2.45) is 5.92 Å². The van der Waals surface area contributed by atoms with Crippen LogP contribution in [0.25, 0.3) is 0 Å². The molecule has 2 rings (SSSR count). The third-order valence-corrected chi connectivity index (χ3v) is 4.32. The molecule has 2 aliphatic rings. The van der Waals surface area contributed by atoms with Gasteiger partial charge in [-0.05, 0) is 44.9 Å². The van der Waals surface area contributed by atoms with Gasteiger partial charge in [0.25, 0.3) is 0 Å². The van der Waals surface area contributed by atoms with E-state index >= 15 is 0 Å². The second-order valence-corrected chi connectivity index (χ2v) is 5.82. The first-order valence-electron chi connectivity index (χ1n) is 6.03. The molecule has 0 saturated carbocycles. The standard InChI is InChI=1S/C12H21BrO2/c1-12(7-10-4-6-14-9-10)5-2-3-11(8-13)15-12/h10-11H,2-9H2,1H3. The molecule has 3 atom stereocenters. The second kappa shape index (κ2) is 5.15. The van der Waals surface area contributed by atoms with Crippen molar-refractivity contribution in [3.05, 3.63) is 0 Å². The molecule has 0 radical (unpaired) electrons. The highest BCUT2D eigenvalue weighted by molar-refractivity contribution is 9.09. The molecule has 2 saturated heterocycles. The first kappa shape index (κ1) is 11.9. The maximum Gasteiger partial charge on any atom is 0.0679 e. The van der Waals surface area contributed by atoms with Crippen molar-refractivity contribution in [2.75, 3.05) is 18.5 Å². The van der Waals surface area contributed by atoms with Gasteiger partial charge in [0.1, 0.15) is 0 Å². The van der Waals surface area contributed by atoms with Gasteiger partial charge in [-0.1, -0.05) is 15.9 Å². The zero-order valence-corrected chi connectivity index (χ0v) is 11.1. The van der Waals surface area contributed by atoms with E-state index < -0.39 is 0 Å². The maximum atomic E-state index is 6.18. The van der Waals surface area contributed by atoms with Crippen molar-refractivity contribution in [2.45, 2.75) is 50.7 Å². The van der Waals surface area contributed by atoms with Gasteiger partial charge in [-0.15, -0.1) is 0 Å². The van der Waals surface area contributed by atoms with Crippen molar-refractivity contribution < 1.29 is 9.47 Å². The van der Waals surface area contributed by atoms with Gasteiger partial charge in [-0.3, -0.25) is 0 Å². The predicted molar refractivity (Wildman–Crippen MR) is 64.5 cm³/mol. The number of ether oxygens (including phenoxy) is 2. The van der Waals surface area contributed by atoms with Crippen LogP contribution in [-0.4, -0.2) is 30.2 Å². The van der Waals surface area contributed by atoms with Crippen LogP contribution in [0.3, 0.4) is 0 Å². The molecule has 2 aliphatic heterocycles. The summed E-state index contributed by atoms with van der Waals surface area (Å²) in [4.78, 5) is 0. The highest BCUT2D eigenvalue weighted by Gasteiger charge is 2.35. The Morgan fingerprint density at radius 3 is 2.93 bits per heavy atom. The first-order chi connectivity index (χ1) is 7.22. The molecule has 3 unspecified atom stereocenters. The Labute approximate surface area is 101 Å². The summed E-state index contributed by atoms with van der Waals surface area (Å²) in [6.45, 7) is 4.17. The molecule has 15 heavy (non-hydrogen) atoms. The van der Waals surface area contributed by atoms with Crippen LogP contribution in [-0.2, 0) is 9.47 Å². The van der Waals surface area contributed by atoms with E-state index in [1.165, 1.54) is 32.1 Å². The minimum absolute atomic E-state index is 0.106. The van der Waals surface area contributed by atoms with E-state index in [1.807, 2.05) is 0 Å². The number of halogens is 1. The summed E-state index contributed by atoms with van der Waals surface area (Å²) in [5.74, 6) is 0.726. The van der Waals surface area contributed by atoms with E-state index in [9.17, 15) is 0 Å². The SMILES string of the molecule is CC1(CC2CCOC2)CCCC(CBr)O1. The quantitative estimate of drug-likeness (QED) is 0.738. The monoisotopic (exact) mass is 276 g/mol. The van der Waals surface area contributed by atoms with Gasteiger partial charge in [-0.25, -0.2) is 0 Å². The topological polar surface area (TPSA) is 18.5 Å². The molecule has 0 N–H and O–H groups in total. The first-order valence-corrected chi connectivity index (χ1v) is 7.15. The number of hydrogen-bond acceptors (Lipinski definition) is 2. The van der Waals surface area contributed by atoms with Gasteiger partial charge in [0.05, 0.1) is 11.7 Å². The number of hydrogen-bond donors (Lipinski definition) is 0. The smallest absolute Gasteiger partial charge is 0.0679 e. The van der Waals surface area contributed by atoms with Gasteiger partial charge >= 0.3 is 0 Å². The molecule has 3 heteroatoms. The molecule has 0 aliphatic carbocycles. The molecule has 0 aromatic carbocycles. The highest BCUT2D eigenvalue weighted by atomic mass is 79.9. The summed E-state index contributed by atoms with van der Waals surface area (Å²) in [5.41, 5.74) is 0.106. The zero-order chi connectivity index (χ0) is 10.7. The Kier molecular flexibility index (Phi) is 4.08. The van der Waals surface area contributed by atoms with E-state index in [0.717, 1.165) is 24.5 Å². The predicted octanol–water partition coefficient (Wildman–Crippen LogP) is 3.14. The van der Waals surface area contributed by atoms with Crippen LogP contribution in [0, 0.1) is 5.92 Å². The van der Waals surface area contributed by atoms with E-state index in [0.29, 0.717) is 6.10 Å². The molecule has 2 heterocycles. The summed E-state index contributed by atoms with van der Waals surface area (Å²) in [6, 6.07) is 0. The summed E-state index contributed by atoms with van der Waals surface area (Å²) in [6.07, 6.45) is 6.55. The van der Waals surface area contributed by atoms with Gasteiger partial charge < -0.3 is 9.47 Å². The van der Waals surface area contributed by atoms with E-state index in [4.69, 9.17) is 9.47 Å².